The number of nitrogens with two attached hydrogens (primary N) is 1. The number of imide groups is 1. The third-order valence-electron chi connectivity index (χ3n) is 2.70. The van der Waals surface area contributed by atoms with Gasteiger partial charge < -0.3 is 11.1 Å². The summed E-state index contributed by atoms with van der Waals surface area (Å²) >= 11 is 0. The van der Waals surface area contributed by atoms with Gasteiger partial charge in [-0.05, 0) is 12.8 Å². The molecule has 3 amide bonds. The number of amides is 3. The highest BCUT2D eigenvalue weighted by atomic mass is 16.2. The number of rotatable bonds is 4. The van der Waals surface area contributed by atoms with Gasteiger partial charge in [-0.15, -0.1) is 0 Å². The molecule has 6 nitrogen and oxygen atoms in total. The standard InChI is InChI=1S/C10H17N3O3/c1-2-6(5-11)9(15)12-7-3-4-8(14)13-10(7)16/h6-7H,2-5,11H2,1H3,(H,12,15)(H,13,14,16). The van der Waals surface area contributed by atoms with Gasteiger partial charge >= 0.3 is 0 Å². The summed E-state index contributed by atoms with van der Waals surface area (Å²) in [6.07, 6.45) is 1.25. The van der Waals surface area contributed by atoms with E-state index in [1.807, 2.05) is 6.92 Å². The lowest BCUT2D eigenvalue weighted by molar-refractivity contribution is -0.138. The number of hydrogen-bond donors (Lipinski definition) is 3. The van der Waals surface area contributed by atoms with E-state index in [1.165, 1.54) is 0 Å². The highest BCUT2D eigenvalue weighted by Gasteiger charge is 2.29. The molecule has 0 bridgehead atoms. The lowest BCUT2D eigenvalue weighted by Gasteiger charge is -2.23. The van der Waals surface area contributed by atoms with Gasteiger partial charge in [0.15, 0.2) is 0 Å². The van der Waals surface area contributed by atoms with Crippen LogP contribution in [-0.2, 0) is 14.4 Å². The number of carbonyl (C=O) groups excluding carboxylic acids is 3. The van der Waals surface area contributed by atoms with Gasteiger partial charge in [-0.3, -0.25) is 19.7 Å². The predicted octanol–water partition coefficient (Wildman–Crippen LogP) is -1.11. The molecule has 90 valence electrons. The van der Waals surface area contributed by atoms with Gasteiger partial charge in [0.1, 0.15) is 6.04 Å². The first-order chi connectivity index (χ1) is 7.58. The van der Waals surface area contributed by atoms with Crippen LogP contribution in [0.15, 0.2) is 0 Å². The third-order valence-corrected chi connectivity index (χ3v) is 2.70. The summed E-state index contributed by atoms with van der Waals surface area (Å²) < 4.78 is 0. The normalized spacial score (nSPS) is 22.5. The van der Waals surface area contributed by atoms with E-state index < -0.39 is 11.9 Å². The molecule has 1 rings (SSSR count). The quantitative estimate of drug-likeness (QED) is 0.530. The molecule has 2 unspecified atom stereocenters. The number of carbonyl (C=O) groups is 3. The Hall–Kier alpha value is -1.43. The van der Waals surface area contributed by atoms with Gasteiger partial charge in [-0.1, -0.05) is 6.92 Å². The fourth-order valence-electron chi connectivity index (χ4n) is 1.58. The largest absolute Gasteiger partial charge is 0.344 e. The average molecular weight is 227 g/mol. The molecule has 0 spiro atoms. The second-order valence-electron chi connectivity index (χ2n) is 3.85. The van der Waals surface area contributed by atoms with Crippen LogP contribution in [-0.4, -0.2) is 30.3 Å². The van der Waals surface area contributed by atoms with Crippen molar-refractivity contribution in [2.45, 2.75) is 32.2 Å². The van der Waals surface area contributed by atoms with Crippen LogP contribution in [0.25, 0.3) is 0 Å². The first-order valence-corrected chi connectivity index (χ1v) is 5.42. The minimum absolute atomic E-state index is 0.223. The van der Waals surface area contributed by atoms with Gasteiger partial charge in [0, 0.05) is 18.9 Å². The molecular formula is C10H17N3O3. The van der Waals surface area contributed by atoms with E-state index >= 15 is 0 Å². The molecule has 1 heterocycles. The molecule has 0 radical (unpaired) electrons. The highest BCUT2D eigenvalue weighted by molar-refractivity contribution is 6.01. The molecule has 1 fully saturated rings. The molecule has 0 aliphatic carbocycles. The van der Waals surface area contributed by atoms with Crippen LogP contribution in [0.3, 0.4) is 0 Å². The van der Waals surface area contributed by atoms with Gasteiger partial charge in [0.05, 0.1) is 0 Å². The Morgan fingerprint density at radius 3 is 2.81 bits per heavy atom. The van der Waals surface area contributed by atoms with Crippen LogP contribution in [0.5, 0.6) is 0 Å². The topological polar surface area (TPSA) is 101 Å². The molecule has 0 aromatic rings. The summed E-state index contributed by atoms with van der Waals surface area (Å²) in [5, 5.41) is 4.79. The SMILES string of the molecule is CCC(CN)C(=O)NC1CCC(=O)NC1=O. The molecule has 1 aliphatic heterocycles. The molecule has 0 aromatic carbocycles. The molecule has 1 aliphatic rings. The van der Waals surface area contributed by atoms with Crippen molar-refractivity contribution in [2.75, 3.05) is 6.54 Å². The molecule has 0 aromatic heterocycles. The molecule has 2 atom stereocenters. The van der Waals surface area contributed by atoms with Crippen LogP contribution in [0, 0.1) is 5.92 Å². The van der Waals surface area contributed by atoms with Crippen LogP contribution in [0.4, 0.5) is 0 Å². The third kappa shape index (κ3) is 3.03. The molecule has 1 saturated heterocycles. The van der Waals surface area contributed by atoms with E-state index in [1.54, 1.807) is 0 Å². The van der Waals surface area contributed by atoms with Crippen molar-refractivity contribution < 1.29 is 14.4 Å². The fraction of sp³-hybridized carbons (Fsp3) is 0.700. The van der Waals surface area contributed by atoms with Crippen molar-refractivity contribution in [2.24, 2.45) is 11.7 Å². The molecular weight excluding hydrogens is 210 g/mol. The Bertz CT molecular complexity index is 300. The smallest absolute Gasteiger partial charge is 0.249 e. The van der Waals surface area contributed by atoms with Crippen molar-refractivity contribution in [1.82, 2.24) is 10.6 Å². The van der Waals surface area contributed by atoms with Gasteiger partial charge in [-0.25, -0.2) is 0 Å². The lowest BCUT2D eigenvalue weighted by Crippen LogP contribution is -2.53. The van der Waals surface area contributed by atoms with E-state index in [2.05, 4.69) is 10.6 Å². The van der Waals surface area contributed by atoms with Crippen molar-refractivity contribution in [3.8, 4) is 0 Å². The van der Waals surface area contributed by atoms with Gasteiger partial charge in [-0.2, -0.15) is 0 Å². The maximum atomic E-state index is 11.6. The minimum Gasteiger partial charge on any atom is -0.344 e. The first kappa shape index (κ1) is 12.6. The van der Waals surface area contributed by atoms with E-state index in [0.29, 0.717) is 12.8 Å². The van der Waals surface area contributed by atoms with Crippen LogP contribution < -0.4 is 16.4 Å². The Morgan fingerprint density at radius 2 is 2.31 bits per heavy atom. The van der Waals surface area contributed by atoms with E-state index in [0.717, 1.165) is 0 Å². The summed E-state index contributed by atoms with van der Waals surface area (Å²) in [6, 6.07) is -0.606. The van der Waals surface area contributed by atoms with Crippen molar-refractivity contribution >= 4 is 17.7 Å². The first-order valence-electron chi connectivity index (χ1n) is 5.42. The Kier molecular flexibility index (Phi) is 4.42. The monoisotopic (exact) mass is 227 g/mol. The summed E-state index contributed by atoms with van der Waals surface area (Å²) in [7, 11) is 0. The highest BCUT2D eigenvalue weighted by Crippen LogP contribution is 2.07. The maximum Gasteiger partial charge on any atom is 0.249 e. The van der Waals surface area contributed by atoms with Gasteiger partial charge in [0.25, 0.3) is 0 Å². The Labute approximate surface area is 93.9 Å². The zero-order valence-electron chi connectivity index (χ0n) is 9.29. The fourth-order valence-corrected chi connectivity index (χ4v) is 1.58. The second kappa shape index (κ2) is 5.60. The van der Waals surface area contributed by atoms with Crippen LogP contribution >= 0.6 is 0 Å². The second-order valence-corrected chi connectivity index (χ2v) is 3.85. The van der Waals surface area contributed by atoms with Crippen molar-refractivity contribution in [3.05, 3.63) is 0 Å². The molecule has 4 N–H and O–H groups in total. The predicted molar refractivity (Wildman–Crippen MR) is 57.1 cm³/mol. The zero-order chi connectivity index (χ0) is 12.1. The molecule has 0 saturated carbocycles. The summed E-state index contributed by atoms with van der Waals surface area (Å²) in [4.78, 5) is 33.9. The lowest BCUT2D eigenvalue weighted by atomic mass is 10.0. The van der Waals surface area contributed by atoms with Crippen molar-refractivity contribution in [1.29, 1.82) is 0 Å². The van der Waals surface area contributed by atoms with Crippen LogP contribution in [0.2, 0.25) is 0 Å². The molecule has 6 heteroatoms. The Morgan fingerprint density at radius 1 is 1.62 bits per heavy atom. The van der Waals surface area contributed by atoms with E-state index in [4.69, 9.17) is 5.73 Å². The number of nitrogens with one attached hydrogen (secondary N) is 2. The van der Waals surface area contributed by atoms with E-state index in [9.17, 15) is 14.4 Å². The molecule has 16 heavy (non-hydrogen) atoms. The van der Waals surface area contributed by atoms with Crippen LogP contribution in [0.1, 0.15) is 26.2 Å². The van der Waals surface area contributed by atoms with E-state index in [-0.39, 0.29) is 30.7 Å². The summed E-state index contributed by atoms with van der Waals surface area (Å²) in [6.45, 7) is 2.12. The maximum absolute atomic E-state index is 11.6. The van der Waals surface area contributed by atoms with Crippen molar-refractivity contribution in [3.63, 3.8) is 0 Å². The Balaban J connectivity index is 2.50. The number of piperidine rings is 1. The minimum atomic E-state index is -0.606. The number of hydrogen-bond acceptors (Lipinski definition) is 4. The zero-order valence-corrected chi connectivity index (χ0v) is 9.29. The average Bonchev–Trinajstić information content (AvgIpc) is 2.24. The van der Waals surface area contributed by atoms with Gasteiger partial charge in [0.2, 0.25) is 17.7 Å². The summed E-state index contributed by atoms with van der Waals surface area (Å²) in [5.41, 5.74) is 5.43. The summed E-state index contributed by atoms with van der Waals surface area (Å²) in [5.74, 6) is -1.22.